The van der Waals surface area contributed by atoms with E-state index in [1.807, 2.05) is 49.0 Å². The number of benzene rings is 1. The molecule has 0 saturated carbocycles. The van der Waals surface area contributed by atoms with E-state index in [9.17, 15) is 0 Å². The van der Waals surface area contributed by atoms with Crippen LogP contribution in [0.1, 0.15) is 12.6 Å². The molecule has 20 heavy (non-hydrogen) atoms. The number of nitrogens with zero attached hydrogens (tertiary/aromatic N) is 2. The van der Waals surface area contributed by atoms with Crippen molar-refractivity contribution in [3.05, 3.63) is 42.5 Å². The van der Waals surface area contributed by atoms with Gasteiger partial charge in [-0.1, -0.05) is 6.07 Å². The average molecular weight is 290 g/mol. The molecule has 0 spiro atoms. The van der Waals surface area contributed by atoms with E-state index < -0.39 is 0 Å². The standard InChI is InChI=1S/C14H18N4OS/c1-3-19-13-6-4-5-11(7-13)17-14(20)15-8-12-9-18(2)10-16-12/h4-7,9-10H,3,8H2,1-2H3,(H2,15,17,20). The molecule has 1 aromatic heterocycles. The third-order valence-electron chi connectivity index (χ3n) is 2.59. The molecule has 2 rings (SSSR count). The van der Waals surface area contributed by atoms with Crippen LogP contribution in [0, 0.1) is 0 Å². The molecule has 0 radical (unpaired) electrons. The summed E-state index contributed by atoms with van der Waals surface area (Å²) < 4.78 is 7.35. The molecule has 0 aliphatic carbocycles. The lowest BCUT2D eigenvalue weighted by molar-refractivity contribution is 0.340. The number of hydrogen-bond donors (Lipinski definition) is 2. The van der Waals surface area contributed by atoms with Gasteiger partial charge in [-0.15, -0.1) is 0 Å². The third kappa shape index (κ3) is 4.24. The van der Waals surface area contributed by atoms with Crippen molar-refractivity contribution in [2.75, 3.05) is 11.9 Å². The van der Waals surface area contributed by atoms with Crippen molar-refractivity contribution in [3.63, 3.8) is 0 Å². The van der Waals surface area contributed by atoms with Crippen LogP contribution in [0.2, 0.25) is 0 Å². The molecule has 2 aromatic rings. The first-order valence-corrected chi connectivity index (χ1v) is 6.82. The largest absolute Gasteiger partial charge is 0.494 e. The minimum Gasteiger partial charge on any atom is -0.494 e. The van der Waals surface area contributed by atoms with Crippen molar-refractivity contribution >= 4 is 23.0 Å². The number of aryl methyl sites for hydroxylation is 1. The van der Waals surface area contributed by atoms with E-state index in [0.29, 0.717) is 18.3 Å². The van der Waals surface area contributed by atoms with E-state index in [-0.39, 0.29) is 0 Å². The number of rotatable bonds is 5. The monoisotopic (exact) mass is 290 g/mol. The molecule has 1 heterocycles. The first-order valence-electron chi connectivity index (χ1n) is 6.42. The Balaban J connectivity index is 1.86. The van der Waals surface area contributed by atoms with Crippen LogP contribution in [0.25, 0.3) is 0 Å². The molecule has 0 fully saturated rings. The van der Waals surface area contributed by atoms with Crippen LogP contribution in [0.3, 0.4) is 0 Å². The number of ether oxygens (including phenoxy) is 1. The molecule has 0 unspecified atom stereocenters. The molecule has 6 heteroatoms. The van der Waals surface area contributed by atoms with Crippen molar-refractivity contribution in [3.8, 4) is 5.75 Å². The predicted molar refractivity (Wildman–Crippen MR) is 83.9 cm³/mol. The number of aromatic nitrogens is 2. The maximum Gasteiger partial charge on any atom is 0.171 e. The zero-order valence-electron chi connectivity index (χ0n) is 11.6. The van der Waals surface area contributed by atoms with Gasteiger partial charge in [0.25, 0.3) is 0 Å². The summed E-state index contributed by atoms with van der Waals surface area (Å²) in [6.07, 6.45) is 3.71. The van der Waals surface area contributed by atoms with Gasteiger partial charge in [-0.3, -0.25) is 0 Å². The summed E-state index contributed by atoms with van der Waals surface area (Å²) >= 11 is 5.25. The number of imidazole rings is 1. The normalized spacial score (nSPS) is 10.1. The van der Waals surface area contributed by atoms with Gasteiger partial charge in [-0.05, 0) is 31.3 Å². The summed E-state index contributed by atoms with van der Waals surface area (Å²) in [4.78, 5) is 4.23. The number of nitrogens with one attached hydrogen (secondary N) is 2. The third-order valence-corrected chi connectivity index (χ3v) is 2.84. The summed E-state index contributed by atoms with van der Waals surface area (Å²) in [5.41, 5.74) is 1.84. The highest BCUT2D eigenvalue weighted by atomic mass is 32.1. The molecule has 0 aliphatic rings. The fourth-order valence-corrected chi connectivity index (χ4v) is 1.92. The number of thiocarbonyl (C=S) groups is 1. The first kappa shape index (κ1) is 14.3. The fraction of sp³-hybridized carbons (Fsp3) is 0.286. The molecule has 1 aromatic carbocycles. The van der Waals surface area contributed by atoms with Gasteiger partial charge in [0, 0.05) is 25.0 Å². The minimum atomic E-state index is 0.560. The van der Waals surface area contributed by atoms with Crippen molar-refractivity contribution in [1.29, 1.82) is 0 Å². The van der Waals surface area contributed by atoms with Crippen LogP contribution in [0.5, 0.6) is 5.75 Å². The van der Waals surface area contributed by atoms with Crippen molar-refractivity contribution in [2.24, 2.45) is 7.05 Å². The Labute approximate surface area is 124 Å². The minimum absolute atomic E-state index is 0.560. The second kappa shape index (κ2) is 6.91. The van der Waals surface area contributed by atoms with E-state index in [2.05, 4.69) is 15.6 Å². The SMILES string of the molecule is CCOc1cccc(NC(=S)NCc2cn(C)cn2)c1. The van der Waals surface area contributed by atoms with E-state index in [1.165, 1.54) is 0 Å². The van der Waals surface area contributed by atoms with Crippen molar-refractivity contribution in [2.45, 2.75) is 13.5 Å². The molecule has 0 saturated heterocycles. The molecule has 106 valence electrons. The highest BCUT2D eigenvalue weighted by Gasteiger charge is 2.01. The Morgan fingerprint density at radius 1 is 1.45 bits per heavy atom. The van der Waals surface area contributed by atoms with Crippen LogP contribution in [0.4, 0.5) is 5.69 Å². The summed E-state index contributed by atoms with van der Waals surface area (Å²) in [5.74, 6) is 0.824. The Morgan fingerprint density at radius 2 is 2.30 bits per heavy atom. The predicted octanol–water partition coefficient (Wildman–Crippen LogP) is 2.31. The van der Waals surface area contributed by atoms with Gasteiger partial charge in [0.15, 0.2) is 5.11 Å². The molecular weight excluding hydrogens is 272 g/mol. The smallest absolute Gasteiger partial charge is 0.171 e. The van der Waals surface area contributed by atoms with Gasteiger partial charge in [0.1, 0.15) is 5.75 Å². The van der Waals surface area contributed by atoms with Gasteiger partial charge < -0.3 is 19.9 Å². The summed E-state index contributed by atoms with van der Waals surface area (Å²) in [6, 6.07) is 7.70. The Hall–Kier alpha value is -2.08. The molecule has 0 atom stereocenters. The maximum absolute atomic E-state index is 5.44. The maximum atomic E-state index is 5.44. The highest BCUT2D eigenvalue weighted by molar-refractivity contribution is 7.80. The first-order chi connectivity index (χ1) is 9.67. The quantitative estimate of drug-likeness (QED) is 0.828. The zero-order valence-corrected chi connectivity index (χ0v) is 12.4. The number of anilines is 1. The van der Waals surface area contributed by atoms with Gasteiger partial charge in [0.05, 0.1) is 25.2 Å². The summed E-state index contributed by atoms with van der Waals surface area (Å²) in [5, 5.41) is 6.80. The average Bonchev–Trinajstić information content (AvgIpc) is 2.83. The molecule has 0 bridgehead atoms. The molecular formula is C14H18N4OS. The van der Waals surface area contributed by atoms with Gasteiger partial charge in [-0.2, -0.15) is 0 Å². The lowest BCUT2D eigenvalue weighted by Crippen LogP contribution is -2.28. The van der Waals surface area contributed by atoms with Gasteiger partial charge in [-0.25, -0.2) is 4.98 Å². The van der Waals surface area contributed by atoms with Crippen LogP contribution in [-0.4, -0.2) is 21.3 Å². The van der Waals surface area contributed by atoms with E-state index >= 15 is 0 Å². The van der Waals surface area contributed by atoms with Crippen LogP contribution < -0.4 is 15.4 Å². The van der Waals surface area contributed by atoms with Crippen LogP contribution in [-0.2, 0) is 13.6 Å². The van der Waals surface area contributed by atoms with Crippen molar-refractivity contribution in [1.82, 2.24) is 14.9 Å². The zero-order chi connectivity index (χ0) is 14.4. The summed E-state index contributed by atoms with van der Waals surface area (Å²) in [6.45, 7) is 3.20. The van der Waals surface area contributed by atoms with Crippen LogP contribution in [0.15, 0.2) is 36.8 Å². The van der Waals surface area contributed by atoms with Gasteiger partial charge in [0.2, 0.25) is 0 Å². The molecule has 5 nitrogen and oxygen atoms in total. The Kier molecular flexibility index (Phi) is 4.95. The second-order valence-electron chi connectivity index (χ2n) is 4.30. The second-order valence-corrected chi connectivity index (χ2v) is 4.71. The van der Waals surface area contributed by atoms with Gasteiger partial charge >= 0.3 is 0 Å². The van der Waals surface area contributed by atoms with E-state index in [0.717, 1.165) is 17.1 Å². The topological polar surface area (TPSA) is 51.1 Å². The van der Waals surface area contributed by atoms with Crippen molar-refractivity contribution < 1.29 is 4.74 Å². The van der Waals surface area contributed by atoms with Crippen LogP contribution >= 0.6 is 12.2 Å². The lowest BCUT2D eigenvalue weighted by atomic mass is 10.3. The lowest BCUT2D eigenvalue weighted by Gasteiger charge is -2.11. The summed E-state index contributed by atoms with van der Waals surface area (Å²) in [7, 11) is 1.94. The Bertz CT molecular complexity index is 582. The number of hydrogen-bond acceptors (Lipinski definition) is 3. The van der Waals surface area contributed by atoms with E-state index in [1.54, 1.807) is 6.33 Å². The molecule has 0 aliphatic heterocycles. The van der Waals surface area contributed by atoms with E-state index in [4.69, 9.17) is 17.0 Å². The highest BCUT2D eigenvalue weighted by Crippen LogP contribution is 2.17. The fourth-order valence-electron chi connectivity index (χ4n) is 1.73. The molecule has 2 N–H and O–H groups in total. The molecule has 0 amide bonds. The Morgan fingerprint density at radius 3 is 3.00 bits per heavy atom.